The van der Waals surface area contributed by atoms with E-state index >= 15 is 0 Å². The molecule has 0 aromatic heterocycles. The molecule has 2 aromatic carbocycles. The van der Waals surface area contributed by atoms with E-state index in [4.69, 9.17) is 27.9 Å². The lowest BCUT2D eigenvalue weighted by Gasteiger charge is -2.07. The maximum absolute atomic E-state index is 12.2. The molecule has 1 N–H and O–H groups in total. The normalized spacial score (nSPS) is 18.5. The highest BCUT2D eigenvalue weighted by Gasteiger charge is 2.31. The van der Waals surface area contributed by atoms with Gasteiger partial charge in [0.2, 0.25) is 5.91 Å². The second-order valence-corrected chi connectivity index (χ2v) is 7.46. The summed E-state index contributed by atoms with van der Waals surface area (Å²) in [6.07, 6.45) is 2.05. The fraction of sp³-hybridized carbons (Fsp3) is 0.167. The van der Waals surface area contributed by atoms with E-state index < -0.39 is 0 Å². The predicted molar refractivity (Wildman–Crippen MR) is 108 cm³/mol. The minimum atomic E-state index is -0.328. The molecular weight excluding hydrogens is 393 g/mol. The minimum Gasteiger partial charge on any atom is -0.496 e. The Balaban J connectivity index is 1.68. The van der Waals surface area contributed by atoms with E-state index in [1.165, 1.54) is 11.8 Å². The van der Waals surface area contributed by atoms with E-state index in [9.17, 15) is 4.79 Å². The second-order valence-electron chi connectivity index (χ2n) is 5.43. The molecule has 0 bridgehead atoms. The number of nitrogens with zero attached hydrogens (tertiary/aromatic N) is 2. The molecule has 134 valence electrons. The highest BCUT2D eigenvalue weighted by molar-refractivity contribution is 8.15. The number of para-hydroxylation sites is 1. The third-order valence-corrected chi connectivity index (χ3v) is 5.35. The lowest BCUT2D eigenvalue weighted by molar-refractivity contribution is -0.118. The summed E-state index contributed by atoms with van der Waals surface area (Å²) in [6.45, 7) is 0. The second kappa shape index (κ2) is 8.58. The van der Waals surface area contributed by atoms with Crippen molar-refractivity contribution in [1.82, 2.24) is 5.32 Å². The van der Waals surface area contributed by atoms with E-state index in [2.05, 4.69) is 15.5 Å². The van der Waals surface area contributed by atoms with Crippen molar-refractivity contribution in [2.24, 2.45) is 10.2 Å². The number of carbonyl (C=O) groups is 1. The molecule has 2 aromatic rings. The van der Waals surface area contributed by atoms with Crippen LogP contribution in [0.1, 0.15) is 11.1 Å². The van der Waals surface area contributed by atoms with Gasteiger partial charge in [-0.25, -0.2) is 0 Å². The minimum absolute atomic E-state index is 0.128. The van der Waals surface area contributed by atoms with Crippen LogP contribution in [0.3, 0.4) is 0 Å². The number of hydrogen-bond acceptors (Lipinski definition) is 5. The smallest absolute Gasteiger partial charge is 0.239 e. The number of nitrogens with one attached hydrogen (secondary N) is 1. The van der Waals surface area contributed by atoms with Crippen LogP contribution in [0.5, 0.6) is 5.75 Å². The molecule has 26 heavy (non-hydrogen) atoms. The van der Waals surface area contributed by atoms with Crippen LogP contribution in [0.15, 0.2) is 52.7 Å². The molecule has 1 heterocycles. The fourth-order valence-electron chi connectivity index (χ4n) is 2.40. The van der Waals surface area contributed by atoms with Gasteiger partial charge in [-0.2, -0.15) is 5.10 Å². The predicted octanol–water partition coefficient (Wildman–Crippen LogP) is 4.17. The zero-order chi connectivity index (χ0) is 18.5. The van der Waals surface area contributed by atoms with Gasteiger partial charge in [0, 0.05) is 15.6 Å². The van der Waals surface area contributed by atoms with Crippen LogP contribution in [-0.4, -0.2) is 29.6 Å². The summed E-state index contributed by atoms with van der Waals surface area (Å²) in [4.78, 5) is 12.2. The quantitative estimate of drug-likeness (QED) is 0.597. The Morgan fingerprint density at radius 3 is 2.88 bits per heavy atom. The summed E-state index contributed by atoms with van der Waals surface area (Å²) >= 11 is 13.5. The third kappa shape index (κ3) is 4.58. The van der Waals surface area contributed by atoms with Crippen molar-refractivity contribution in [2.75, 3.05) is 7.11 Å². The average Bonchev–Trinajstić information content (AvgIpc) is 2.98. The molecule has 1 aliphatic heterocycles. The lowest BCUT2D eigenvalue weighted by Crippen LogP contribution is -2.26. The molecule has 1 aliphatic rings. The SMILES string of the molecule is COc1ccccc1/C=N\N=C1/NC(=O)[C@H](Cc2cc(Cl)ccc2Cl)S1. The number of thioether (sulfide) groups is 1. The molecule has 0 aliphatic carbocycles. The van der Waals surface area contributed by atoms with Gasteiger partial charge in [0.05, 0.1) is 18.6 Å². The number of rotatable bonds is 5. The summed E-state index contributed by atoms with van der Waals surface area (Å²) in [7, 11) is 1.59. The zero-order valence-electron chi connectivity index (χ0n) is 13.8. The van der Waals surface area contributed by atoms with Gasteiger partial charge in [-0.1, -0.05) is 47.1 Å². The zero-order valence-corrected chi connectivity index (χ0v) is 16.1. The maximum atomic E-state index is 12.2. The maximum Gasteiger partial charge on any atom is 0.239 e. The Morgan fingerprint density at radius 2 is 2.08 bits per heavy atom. The van der Waals surface area contributed by atoms with E-state index in [0.29, 0.717) is 27.4 Å². The average molecular weight is 408 g/mol. The number of amidine groups is 1. The van der Waals surface area contributed by atoms with Crippen LogP contribution in [-0.2, 0) is 11.2 Å². The van der Waals surface area contributed by atoms with Crippen molar-refractivity contribution in [1.29, 1.82) is 0 Å². The van der Waals surface area contributed by atoms with E-state index in [1.807, 2.05) is 24.3 Å². The van der Waals surface area contributed by atoms with Gasteiger partial charge in [-0.3, -0.25) is 4.79 Å². The van der Waals surface area contributed by atoms with Gasteiger partial charge in [-0.05, 0) is 42.3 Å². The lowest BCUT2D eigenvalue weighted by atomic mass is 10.1. The molecule has 5 nitrogen and oxygen atoms in total. The Hall–Kier alpha value is -2.02. The van der Waals surface area contributed by atoms with Crippen molar-refractivity contribution in [3.8, 4) is 5.75 Å². The molecule has 0 spiro atoms. The van der Waals surface area contributed by atoms with Gasteiger partial charge >= 0.3 is 0 Å². The highest BCUT2D eigenvalue weighted by atomic mass is 35.5. The number of hydrogen-bond donors (Lipinski definition) is 1. The van der Waals surface area contributed by atoms with E-state index in [0.717, 1.165) is 11.1 Å². The molecule has 0 unspecified atom stereocenters. The first-order valence-corrected chi connectivity index (χ1v) is 9.36. The van der Waals surface area contributed by atoms with Crippen LogP contribution in [0.25, 0.3) is 0 Å². The standard InChI is InChI=1S/C18H15Cl2N3O2S/c1-25-15-5-3-2-4-11(15)10-21-23-18-22-17(24)16(26-18)9-12-8-13(19)6-7-14(12)20/h2-8,10,16H,9H2,1H3,(H,22,23,24)/b21-10-/t16-/m0/s1. The summed E-state index contributed by atoms with van der Waals surface area (Å²) in [5.41, 5.74) is 1.63. The molecule has 0 radical (unpaired) electrons. The van der Waals surface area contributed by atoms with Crippen LogP contribution in [0.2, 0.25) is 10.0 Å². The fourth-order valence-corrected chi connectivity index (χ4v) is 3.74. The Kier molecular flexibility index (Phi) is 6.19. The van der Waals surface area contributed by atoms with Crippen molar-refractivity contribution < 1.29 is 9.53 Å². The number of methoxy groups -OCH3 is 1. The summed E-state index contributed by atoms with van der Waals surface area (Å²) in [5.74, 6) is 0.574. The molecule has 3 rings (SSSR count). The van der Waals surface area contributed by atoms with Crippen molar-refractivity contribution in [3.05, 3.63) is 63.6 Å². The summed E-state index contributed by atoms with van der Waals surface area (Å²) < 4.78 is 5.25. The number of ether oxygens (including phenoxy) is 1. The molecule has 1 atom stereocenters. The number of halogens is 2. The number of amides is 1. The first-order chi connectivity index (χ1) is 12.6. The molecular formula is C18H15Cl2N3O2S. The Bertz CT molecular complexity index is 886. The first kappa shape index (κ1) is 18.8. The van der Waals surface area contributed by atoms with Crippen LogP contribution in [0, 0.1) is 0 Å². The Labute approximate surface area is 165 Å². The summed E-state index contributed by atoms with van der Waals surface area (Å²) in [6, 6.07) is 12.7. The molecule has 0 saturated carbocycles. The highest BCUT2D eigenvalue weighted by Crippen LogP contribution is 2.28. The molecule has 1 amide bonds. The Morgan fingerprint density at radius 1 is 1.27 bits per heavy atom. The van der Waals surface area contributed by atoms with Gasteiger partial charge in [-0.15, -0.1) is 5.10 Å². The summed E-state index contributed by atoms with van der Waals surface area (Å²) in [5, 5.41) is 12.1. The first-order valence-electron chi connectivity index (χ1n) is 7.72. The van der Waals surface area contributed by atoms with Gasteiger partial charge in [0.15, 0.2) is 5.17 Å². The van der Waals surface area contributed by atoms with Crippen LogP contribution in [0.4, 0.5) is 0 Å². The van der Waals surface area contributed by atoms with Gasteiger partial charge in [0.1, 0.15) is 5.75 Å². The monoisotopic (exact) mass is 407 g/mol. The van der Waals surface area contributed by atoms with Crippen LogP contribution >= 0.6 is 35.0 Å². The van der Waals surface area contributed by atoms with Gasteiger partial charge in [0.25, 0.3) is 0 Å². The van der Waals surface area contributed by atoms with E-state index in [-0.39, 0.29) is 11.2 Å². The van der Waals surface area contributed by atoms with Crippen LogP contribution < -0.4 is 10.1 Å². The number of benzene rings is 2. The van der Waals surface area contributed by atoms with Crippen molar-refractivity contribution in [3.63, 3.8) is 0 Å². The third-order valence-electron chi connectivity index (χ3n) is 3.67. The van der Waals surface area contributed by atoms with Crippen molar-refractivity contribution in [2.45, 2.75) is 11.7 Å². The largest absolute Gasteiger partial charge is 0.496 e. The van der Waals surface area contributed by atoms with Gasteiger partial charge < -0.3 is 10.1 Å². The molecule has 8 heteroatoms. The van der Waals surface area contributed by atoms with E-state index in [1.54, 1.807) is 31.5 Å². The molecule has 1 fully saturated rings. The molecule has 1 saturated heterocycles. The topological polar surface area (TPSA) is 63.1 Å². The number of carbonyl (C=O) groups excluding carboxylic acids is 1. The van der Waals surface area contributed by atoms with Crippen molar-refractivity contribution >= 4 is 52.3 Å².